The normalized spacial score (nSPS) is 16.9. The van der Waals surface area contributed by atoms with Crippen molar-refractivity contribution in [1.29, 1.82) is 5.41 Å². The van der Waals surface area contributed by atoms with Gasteiger partial charge in [-0.3, -0.25) is 4.68 Å². The lowest BCUT2D eigenvalue weighted by Gasteiger charge is -2.41. The van der Waals surface area contributed by atoms with E-state index in [1.54, 1.807) is 12.4 Å². The molecule has 0 bridgehead atoms. The van der Waals surface area contributed by atoms with Gasteiger partial charge in [0.15, 0.2) is 0 Å². The summed E-state index contributed by atoms with van der Waals surface area (Å²) in [6.45, 7) is 7.02. The molecule has 0 atom stereocenters. The van der Waals surface area contributed by atoms with Gasteiger partial charge in [-0.15, -0.1) is 0 Å². The van der Waals surface area contributed by atoms with Gasteiger partial charge >= 0.3 is 0 Å². The maximum atomic E-state index is 7.76. The molecule has 11 heteroatoms. The fraction of sp³-hybridized carbons (Fsp3) is 0.440. The molecule has 1 aromatic carbocycles. The van der Waals surface area contributed by atoms with Gasteiger partial charge < -0.3 is 35.7 Å². The van der Waals surface area contributed by atoms with Crippen molar-refractivity contribution in [3.63, 3.8) is 0 Å². The van der Waals surface area contributed by atoms with Gasteiger partial charge in [0.25, 0.3) is 0 Å². The Bertz CT molecular complexity index is 1170. The third kappa shape index (κ3) is 5.64. The predicted octanol–water partition coefficient (Wildman–Crippen LogP) is 2.10. The lowest BCUT2D eigenvalue weighted by atomic mass is 9.86. The average Bonchev–Trinajstić information content (AvgIpc) is 3.33. The Morgan fingerprint density at radius 1 is 1.17 bits per heavy atom. The van der Waals surface area contributed by atoms with Crippen molar-refractivity contribution in [2.45, 2.75) is 13.1 Å². The molecule has 190 valence electrons. The van der Waals surface area contributed by atoms with E-state index in [4.69, 9.17) is 14.9 Å². The monoisotopic (exact) mass is 491 g/mol. The summed E-state index contributed by atoms with van der Waals surface area (Å²) >= 11 is 0. The first-order valence-corrected chi connectivity index (χ1v) is 12.2. The molecule has 2 saturated heterocycles. The van der Waals surface area contributed by atoms with Gasteiger partial charge in [0, 0.05) is 55.9 Å². The van der Waals surface area contributed by atoms with Gasteiger partial charge in [0.2, 0.25) is 5.95 Å². The van der Waals surface area contributed by atoms with Crippen LogP contribution in [0.2, 0.25) is 0 Å². The molecule has 0 spiro atoms. The first-order valence-electron chi connectivity index (χ1n) is 12.2. The minimum atomic E-state index is 0.0797. The summed E-state index contributed by atoms with van der Waals surface area (Å²) in [5.41, 5.74) is 3.84. The number of aromatic nitrogens is 4. The van der Waals surface area contributed by atoms with Crippen LogP contribution in [0.1, 0.15) is 11.1 Å². The van der Waals surface area contributed by atoms with Crippen molar-refractivity contribution in [3.05, 3.63) is 54.0 Å². The first-order chi connectivity index (χ1) is 17.7. The number of hydrogen-bond donors (Lipinski definition) is 4. The fourth-order valence-corrected chi connectivity index (χ4v) is 4.57. The SMILES string of the molecule is CNCC1(Cn2cc(Nc3ncc(C=N)c(NCc4cccc(N5CCOCC5)c4)n3)cn2)COC1. The maximum Gasteiger partial charge on any atom is 0.229 e. The minimum Gasteiger partial charge on any atom is -0.380 e. The van der Waals surface area contributed by atoms with Crippen LogP contribution < -0.4 is 20.9 Å². The molecule has 4 N–H and O–H groups in total. The second kappa shape index (κ2) is 11.0. The Morgan fingerprint density at radius 3 is 2.78 bits per heavy atom. The van der Waals surface area contributed by atoms with Crippen molar-refractivity contribution < 1.29 is 9.47 Å². The summed E-state index contributed by atoms with van der Waals surface area (Å²) in [5, 5.41) is 22.1. The standard InChI is InChI=1S/C25H33N9O2/c1-27-15-25(17-36-18-25)16-34-14-21(13-30-34)31-24-29-12-20(10-26)23(32-24)28-11-19-3-2-4-22(9-19)33-5-7-35-8-6-33/h2-4,9-10,12-14,26-27H,5-8,11,15-18H2,1H3,(H2,28,29,31,32). The highest BCUT2D eigenvalue weighted by molar-refractivity contribution is 5.84. The smallest absolute Gasteiger partial charge is 0.229 e. The first kappa shape index (κ1) is 24.2. The van der Waals surface area contributed by atoms with Gasteiger partial charge in [-0.05, 0) is 24.7 Å². The Labute approximate surface area is 210 Å². The fourth-order valence-electron chi connectivity index (χ4n) is 4.57. The highest BCUT2D eigenvalue weighted by atomic mass is 16.5. The summed E-state index contributed by atoms with van der Waals surface area (Å²) in [6, 6.07) is 8.47. The summed E-state index contributed by atoms with van der Waals surface area (Å²) in [7, 11) is 1.96. The molecule has 2 aliphatic rings. The van der Waals surface area contributed by atoms with Crippen LogP contribution in [0.15, 0.2) is 42.9 Å². The molecule has 36 heavy (non-hydrogen) atoms. The van der Waals surface area contributed by atoms with E-state index in [-0.39, 0.29) is 5.41 Å². The van der Waals surface area contributed by atoms with Crippen molar-refractivity contribution in [3.8, 4) is 0 Å². The molecule has 2 aromatic heterocycles. The number of benzene rings is 1. The molecular formula is C25H33N9O2. The summed E-state index contributed by atoms with van der Waals surface area (Å²) in [5.74, 6) is 1.05. The van der Waals surface area contributed by atoms with Crippen molar-refractivity contribution >= 4 is 29.4 Å². The van der Waals surface area contributed by atoms with E-state index in [0.29, 0.717) is 23.9 Å². The lowest BCUT2D eigenvalue weighted by Crippen LogP contribution is -2.51. The number of nitrogens with one attached hydrogen (secondary N) is 4. The summed E-state index contributed by atoms with van der Waals surface area (Å²) in [6.07, 6.45) is 6.63. The van der Waals surface area contributed by atoms with Crippen LogP contribution in [-0.4, -0.2) is 79.1 Å². The van der Waals surface area contributed by atoms with Crippen molar-refractivity contribution in [1.82, 2.24) is 25.1 Å². The molecule has 0 radical (unpaired) electrons. The van der Waals surface area contributed by atoms with Crippen molar-refractivity contribution in [2.24, 2.45) is 5.41 Å². The zero-order valence-electron chi connectivity index (χ0n) is 20.5. The van der Waals surface area contributed by atoms with E-state index in [2.05, 4.69) is 60.2 Å². The highest BCUT2D eigenvalue weighted by Crippen LogP contribution is 2.29. The van der Waals surface area contributed by atoms with Crippen LogP contribution in [0.3, 0.4) is 0 Å². The van der Waals surface area contributed by atoms with Gasteiger partial charge in [-0.1, -0.05) is 12.1 Å². The van der Waals surface area contributed by atoms with E-state index in [9.17, 15) is 0 Å². The number of anilines is 4. The molecule has 11 nitrogen and oxygen atoms in total. The largest absolute Gasteiger partial charge is 0.380 e. The zero-order valence-corrected chi connectivity index (χ0v) is 20.5. The van der Waals surface area contributed by atoms with E-state index in [1.807, 2.05) is 17.9 Å². The average molecular weight is 492 g/mol. The molecule has 5 rings (SSSR count). The summed E-state index contributed by atoms with van der Waals surface area (Å²) < 4.78 is 12.8. The molecule has 0 aliphatic carbocycles. The van der Waals surface area contributed by atoms with Gasteiger partial charge in [0.05, 0.1) is 50.4 Å². The minimum absolute atomic E-state index is 0.0797. The van der Waals surface area contributed by atoms with Crippen LogP contribution in [0.25, 0.3) is 0 Å². The van der Waals surface area contributed by atoms with Crippen LogP contribution in [-0.2, 0) is 22.6 Å². The molecule has 0 saturated carbocycles. The van der Waals surface area contributed by atoms with E-state index in [0.717, 1.165) is 63.9 Å². The molecule has 3 aromatic rings. The van der Waals surface area contributed by atoms with Crippen molar-refractivity contribution in [2.75, 3.05) is 68.6 Å². The Kier molecular flexibility index (Phi) is 7.40. The van der Waals surface area contributed by atoms with Gasteiger partial charge in [-0.2, -0.15) is 10.1 Å². The molecule has 0 amide bonds. The second-order valence-corrected chi connectivity index (χ2v) is 9.34. The predicted molar refractivity (Wildman–Crippen MR) is 139 cm³/mol. The Hall–Kier alpha value is -3.54. The topological polar surface area (TPSA) is 125 Å². The lowest BCUT2D eigenvalue weighted by molar-refractivity contribution is -0.120. The second-order valence-electron chi connectivity index (χ2n) is 9.34. The van der Waals surface area contributed by atoms with Crippen LogP contribution in [0.4, 0.5) is 23.1 Å². The quantitative estimate of drug-likeness (QED) is 0.298. The maximum absolute atomic E-state index is 7.76. The molecule has 4 heterocycles. The highest BCUT2D eigenvalue weighted by Gasteiger charge is 2.38. The Morgan fingerprint density at radius 2 is 2.03 bits per heavy atom. The number of hydrogen-bond acceptors (Lipinski definition) is 10. The number of rotatable bonds is 11. The van der Waals surface area contributed by atoms with Gasteiger partial charge in [0.1, 0.15) is 5.82 Å². The molecule has 0 unspecified atom stereocenters. The van der Waals surface area contributed by atoms with Crippen LogP contribution >= 0.6 is 0 Å². The number of morpholine rings is 1. The van der Waals surface area contributed by atoms with E-state index in [1.165, 1.54) is 11.9 Å². The molecule has 2 fully saturated rings. The van der Waals surface area contributed by atoms with Gasteiger partial charge in [-0.25, -0.2) is 4.98 Å². The van der Waals surface area contributed by atoms with E-state index < -0.39 is 0 Å². The Balaban J connectivity index is 1.24. The third-order valence-corrected chi connectivity index (χ3v) is 6.47. The van der Waals surface area contributed by atoms with Crippen LogP contribution in [0.5, 0.6) is 0 Å². The molecular weight excluding hydrogens is 458 g/mol. The van der Waals surface area contributed by atoms with Crippen LogP contribution in [0, 0.1) is 10.8 Å². The number of ether oxygens (including phenoxy) is 2. The zero-order chi connectivity index (χ0) is 24.8. The third-order valence-electron chi connectivity index (χ3n) is 6.47. The summed E-state index contributed by atoms with van der Waals surface area (Å²) in [4.78, 5) is 11.3. The van der Waals surface area contributed by atoms with E-state index >= 15 is 0 Å². The molecule has 2 aliphatic heterocycles. The number of nitrogens with zero attached hydrogens (tertiary/aromatic N) is 5.